The molecule has 5 nitrogen and oxygen atoms in total. The fourth-order valence-electron chi connectivity index (χ4n) is 3.02. The molecule has 0 radical (unpaired) electrons. The van der Waals surface area contributed by atoms with Crippen molar-refractivity contribution in [3.8, 4) is 22.4 Å². The molecule has 0 saturated heterocycles. The number of alkyl halides is 3. The van der Waals surface area contributed by atoms with Crippen molar-refractivity contribution in [3.63, 3.8) is 0 Å². The highest BCUT2D eigenvalue weighted by atomic mass is 32.2. The summed E-state index contributed by atoms with van der Waals surface area (Å²) in [5.74, 6) is -0.0550. The second-order valence-electron chi connectivity index (χ2n) is 6.73. The number of nitrogens with zero attached hydrogens (tertiary/aromatic N) is 2. The Hall–Kier alpha value is -2.43. The van der Waals surface area contributed by atoms with Gasteiger partial charge in [-0.15, -0.1) is 11.8 Å². The van der Waals surface area contributed by atoms with E-state index in [0.717, 1.165) is 21.9 Å². The Morgan fingerprint density at radius 3 is 2.44 bits per heavy atom. The standard InChI is InChI=1S/C22H21F3N2O3S2/c1-3-32(29)18-6-4-5-17(11-18)15-7-9-16(10-8-15)19-12-20(22(23,24)25)26-27(19)13-21(28)30-14-31-2/h4-12H,3,13-14H2,1-2H3. The predicted molar refractivity (Wildman–Crippen MR) is 120 cm³/mol. The third-order valence-corrected chi connectivity index (χ3v) is 6.22. The van der Waals surface area contributed by atoms with Crippen LogP contribution in [0.2, 0.25) is 0 Å². The average Bonchev–Trinajstić information content (AvgIpc) is 3.21. The van der Waals surface area contributed by atoms with Gasteiger partial charge in [-0.25, -0.2) is 0 Å². The van der Waals surface area contributed by atoms with E-state index in [-0.39, 0.29) is 11.6 Å². The van der Waals surface area contributed by atoms with Gasteiger partial charge in [0.05, 0.1) is 5.69 Å². The third-order valence-electron chi connectivity index (χ3n) is 4.56. The van der Waals surface area contributed by atoms with Crippen LogP contribution in [-0.2, 0) is 33.4 Å². The van der Waals surface area contributed by atoms with Gasteiger partial charge in [-0.2, -0.15) is 18.3 Å². The number of halogens is 3. The van der Waals surface area contributed by atoms with Gasteiger partial charge in [0.15, 0.2) is 10.6 Å². The van der Waals surface area contributed by atoms with Crippen molar-refractivity contribution in [1.82, 2.24) is 9.78 Å². The molecule has 1 heterocycles. The quantitative estimate of drug-likeness (QED) is 0.250. The monoisotopic (exact) mass is 482 g/mol. The number of benzene rings is 2. The SMILES string of the molecule is CC[S+]([O-])c1cccc(-c2ccc(-c3cc(C(F)(F)F)nn3CC(=O)OCSC)cc2)c1. The van der Waals surface area contributed by atoms with E-state index >= 15 is 0 Å². The smallest absolute Gasteiger partial charge is 0.435 e. The van der Waals surface area contributed by atoms with E-state index in [1.54, 1.807) is 36.6 Å². The highest BCUT2D eigenvalue weighted by molar-refractivity contribution is 7.98. The number of rotatable bonds is 8. The number of ether oxygens (including phenoxy) is 1. The van der Waals surface area contributed by atoms with Crippen LogP contribution < -0.4 is 0 Å². The molecule has 32 heavy (non-hydrogen) atoms. The zero-order valence-electron chi connectivity index (χ0n) is 17.4. The van der Waals surface area contributed by atoms with Gasteiger partial charge in [0.1, 0.15) is 18.2 Å². The summed E-state index contributed by atoms with van der Waals surface area (Å²) in [7, 11) is 0. The molecule has 1 aromatic heterocycles. The van der Waals surface area contributed by atoms with E-state index in [1.807, 2.05) is 25.1 Å². The molecule has 2 aromatic carbocycles. The van der Waals surface area contributed by atoms with E-state index in [0.29, 0.717) is 16.2 Å². The minimum Gasteiger partial charge on any atom is -0.611 e. The van der Waals surface area contributed by atoms with Crippen LogP contribution >= 0.6 is 11.8 Å². The Morgan fingerprint density at radius 1 is 1.12 bits per heavy atom. The maximum Gasteiger partial charge on any atom is 0.435 e. The van der Waals surface area contributed by atoms with E-state index in [1.165, 1.54) is 11.8 Å². The maximum atomic E-state index is 13.2. The van der Waals surface area contributed by atoms with Crippen molar-refractivity contribution in [2.75, 3.05) is 17.9 Å². The second kappa shape index (κ2) is 10.5. The minimum atomic E-state index is -4.64. The van der Waals surface area contributed by atoms with Crippen LogP contribution in [0.1, 0.15) is 12.6 Å². The Bertz CT molecular complexity index is 1070. The van der Waals surface area contributed by atoms with Gasteiger partial charge >= 0.3 is 12.1 Å². The fraction of sp³-hybridized carbons (Fsp3) is 0.273. The summed E-state index contributed by atoms with van der Waals surface area (Å²) in [5, 5.41) is 3.58. The molecule has 0 aliphatic carbocycles. The zero-order chi connectivity index (χ0) is 23.3. The Kier molecular flexibility index (Phi) is 7.91. The van der Waals surface area contributed by atoms with Crippen LogP contribution in [0.15, 0.2) is 59.5 Å². The number of thioether (sulfide) groups is 1. The normalized spacial score (nSPS) is 12.6. The summed E-state index contributed by atoms with van der Waals surface area (Å²) in [6.07, 6.45) is -2.90. The number of hydrogen-bond donors (Lipinski definition) is 0. The molecule has 0 spiro atoms. The molecule has 0 amide bonds. The van der Waals surface area contributed by atoms with Crippen molar-refractivity contribution in [3.05, 3.63) is 60.3 Å². The number of hydrogen-bond acceptors (Lipinski definition) is 5. The number of aromatic nitrogens is 2. The van der Waals surface area contributed by atoms with E-state index in [2.05, 4.69) is 5.10 Å². The van der Waals surface area contributed by atoms with Gasteiger partial charge in [-0.05, 0) is 53.2 Å². The maximum absolute atomic E-state index is 13.2. The molecule has 0 N–H and O–H groups in total. The van der Waals surface area contributed by atoms with Gasteiger partial charge in [0.2, 0.25) is 0 Å². The highest BCUT2D eigenvalue weighted by Gasteiger charge is 2.35. The first-order valence-electron chi connectivity index (χ1n) is 9.61. The summed E-state index contributed by atoms with van der Waals surface area (Å²) in [6, 6.07) is 15.1. The third kappa shape index (κ3) is 5.87. The molecule has 0 fully saturated rings. The van der Waals surface area contributed by atoms with Crippen molar-refractivity contribution in [2.45, 2.75) is 24.5 Å². The molecule has 3 aromatic rings. The Morgan fingerprint density at radius 2 is 1.81 bits per heavy atom. The van der Waals surface area contributed by atoms with E-state index < -0.39 is 35.6 Å². The first-order valence-corrected chi connectivity index (χ1v) is 12.3. The molecule has 0 bridgehead atoms. The molecule has 3 rings (SSSR count). The van der Waals surface area contributed by atoms with E-state index in [9.17, 15) is 22.5 Å². The topological polar surface area (TPSA) is 67.2 Å². The second-order valence-corrected chi connectivity index (χ2v) is 9.29. The summed E-state index contributed by atoms with van der Waals surface area (Å²) >= 11 is 0.193. The lowest BCUT2D eigenvalue weighted by atomic mass is 10.0. The van der Waals surface area contributed by atoms with Gasteiger partial charge in [-0.1, -0.05) is 36.4 Å². The molecule has 1 unspecified atom stereocenters. The Balaban J connectivity index is 1.92. The van der Waals surface area contributed by atoms with Crippen LogP contribution in [0, 0.1) is 0 Å². The molecular weight excluding hydrogens is 461 g/mol. The molecule has 10 heteroatoms. The molecule has 0 aliphatic heterocycles. The van der Waals surface area contributed by atoms with Gasteiger partial charge in [-0.3, -0.25) is 9.48 Å². The van der Waals surface area contributed by atoms with Crippen molar-refractivity contribution in [1.29, 1.82) is 0 Å². The largest absolute Gasteiger partial charge is 0.611 e. The first kappa shape index (κ1) is 24.2. The lowest BCUT2D eigenvalue weighted by Gasteiger charge is -2.10. The summed E-state index contributed by atoms with van der Waals surface area (Å²) in [5.41, 5.74) is 1.23. The lowest BCUT2D eigenvalue weighted by molar-refractivity contribution is -0.144. The summed E-state index contributed by atoms with van der Waals surface area (Å²) < 4.78 is 57.7. The molecule has 0 saturated carbocycles. The van der Waals surface area contributed by atoms with Crippen molar-refractivity contribution < 1.29 is 27.3 Å². The highest BCUT2D eigenvalue weighted by Crippen LogP contribution is 2.33. The van der Waals surface area contributed by atoms with Crippen molar-refractivity contribution >= 4 is 28.9 Å². The summed E-state index contributed by atoms with van der Waals surface area (Å²) in [6.45, 7) is 1.41. The molecule has 1 atom stereocenters. The summed E-state index contributed by atoms with van der Waals surface area (Å²) in [4.78, 5) is 12.7. The fourth-order valence-corrected chi connectivity index (χ4v) is 4.09. The minimum absolute atomic E-state index is 0.109. The van der Waals surface area contributed by atoms with Crippen LogP contribution in [0.5, 0.6) is 0 Å². The average molecular weight is 483 g/mol. The van der Waals surface area contributed by atoms with Crippen LogP contribution in [0.4, 0.5) is 13.2 Å². The zero-order valence-corrected chi connectivity index (χ0v) is 19.0. The lowest BCUT2D eigenvalue weighted by Crippen LogP contribution is -2.16. The number of carbonyl (C=O) groups excluding carboxylic acids is 1. The van der Waals surface area contributed by atoms with Crippen LogP contribution in [0.3, 0.4) is 0 Å². The molecule has 0 aliphatic rings. The van der Waals surface area contributed by atoms with Gasteiger partial charge in [0.25, 0.3) is 0 Å². The van der Waals surface area contributed by atoms with E-state index in [4.69, 9.17) is 4.74 Å². The number of carbonyl (C=O) groups is 1. The van der Waals surface area contributed by atoms with Crippen molar-refractivity contribution in [2.24, 2.45) is 0 Å². The van der Waals surface area contributed by atoms with Gasteiger partial charge < -0.3 is 9.29 Å². The molecular formula is C22H21F3N2O3S2. The number of esters is 1. The van der Waals surface area contributed by atoms with Crippen LogP contribution in [-0.4, -0.2) is 38.3 Å². The van der Waals surface area contributed by atoms with Crippen LogP contribution in [0.25, 0.3) is 22.4 Å². The first-order chi connectivity index (χ1) is 15.2. The van der Waals surface area contributed by atoms with Gasteiger partial charge in [0, 0.05) is 6.07 Å². The predicted octanol–water partition coefficient (Wildman–Crippen LogP) is 5.23. The Labute approximate surface area is 191 Å². The molecule has 170 valence electrons.